The zero-order valence-corrected chi connectivity index (χ0v) is 14.1. The Labute approximate surface area is 144 Å². The summed E-state index contributed by atoms with van der Waals surface area (Å²) in [5.41, 5.74) is 3.43. The minimum atomic E-state index is 0.687. The fourth-order valence-electron chi connectivity index (χ4n) is 1.94. The van der Waals surface area contributed by atoms with Crippen LogP contribution < -0.4 is 0 Å². The van der Waals surface area contributed by atoms with Crippen LogP contribution in [0.4, 0.5) is 0 Å². The van der Waals surface area contributed by atoms with Gasteiger partial charge in [0.1, 0.15) is 6.33 Å². The summed E-state index contributed by atoms with van der Waals surface area (Å²) < 4.78 is 1.67. The maximum absolute atomic E-state index is 5.97. The molecule has 0 spiro atoms. The summed E-state index contributed by atoms with van der Waals surface area (Å²) >= 11 is 7.57. The SMILES string of the molecule is Cc1ccc(CSc2nncn2/N=C\c2cccc(Cl)c2)cc1. The smallest absolute Gasteiger partial charge is 0.195 e. The number of thioether (sulfide) groups is 1. The summed E-state index contributed by atoms with van der Waals surface area (Å²) in [7, 11) is 0. The van der Waals surface area contributed by atoms with Crippen molar-refractivity contribution in [2.75, 3.05) is 0 Å². The molecule has 23 heavy (non-hydrogen) atoms. The number of hydrogen-bond acceptors (Lipinski definition) is 4. The Morgan fingerprint density at radius 1 is 1.22 bits per heavy atom. The van der Waals surface area contributed by atoms with Crippen molar-refractivity contribution >= 4 is 29.6 Å². The van der Waals surface area contributed by atoms with Gasteiger partial charge in [-0.05, 0) is 30.2 Å². The lowest BCUT2D eigenvalue weighted by Crippen LogP contribution is -1.93. The average Bonchev–Trinajstić information content (AvgIpc) is 3.00. The van der Waals surface area contributed by atoms with Crippen LogP contribution in [0.25, 0.3) is 0 Å². The Hall–Kier alpha value is -2.11. The van der Waals surface area contributed by atoms with Crippen LogP contribution in [-0.2, 0) is 5.75 Å². The van der Waals surface area contributed by atoms with Crippen molar-refractivity contribution in [2.45, 2.75) is 17.8 Å². The fraction of sp³-hybridized carbons (Fsp3) is 0.118. The fourth-order valence-corrected chi connectivity index (χ4v) is 2.96. The van der Waals surface area contributed by atoms with Crippen LogP contribution >= 0.6 is 23.4 Å². The van der Waals surface area contributed by atoms with Gasteiger partial charge in [-0.3, -0.25) is 0 Å². The molecule has 4 nitrogen and oxygen atoms in total. The van der Waals surface area contributed by atoms with E-state index in [0.717, 1.165) is 16.5 Å². The zero-order valence-electron chi connectivity index (χ0n) is 12.6. The van der Waals surface area contributed by atoms with Crippen molar-refractivity contribution < 1.29 is 0 Å². The number of halogens is 1. The number of aromatic nitrogens is 3. The third-order valence-electron chi connectivity index (χ3n) is 3.17. The molecular formula is C17H15ClN4S. The monoisotopic (exact) mass is 342 g/mol. The molecule has 0 aliphatic heterocycles. The van der Waals surface area contributed by atoms with E-state index in [2.05, 4.69) is 46.5 Å². The quantitative estimate of drug-likeness (QED) is 0.509. The van der Waals surface area contributed by atoms with E-state index in [9.17, 15) is 0 Å². The van der Waals surface area contributed by atoms with Crippen LogP contribution in [0.15, 0.2) is 65.1 Å². The first-order valence-electron chi connectivity index (χ1n) is 7.09. The van der Waals surface area contributed by atoms with Crippen molar-refractivity contribution in [3.63, 3.8) is 0 Å². The molecule has 1 aromatic heterocycles. The highest BCUT2D eigenvalue weighted by Gasteiger charge is 2.04. The minimum Gasteiger partial charge on any atom is -0.195 e. The normalized spacial score (nSPS) is 11.2. The topological polar surface area (TPSA) is 43.1 Å². The summed E-state index contributed by atoms with van der Waals surface area (Å²) in [4.78, 5) is 0. The molecule has 0 atom stereocenters. The Kier molecular flexibility index (Phi) is 5.10. The second-order valence-electron chi connectivity index (χ2n) is 5.03. The summed E-state index contributed by atoms with van der Waals surface area (Å²) in [6.45, 7) is 2.08. The van der Waals surface area contributed by atoms with Crippen molar-refractivity contribution in [3.8, 4) is 0 Å². The standard InChI is InChI=1S/C17H15ClN4S/c1-13-5-7-14(8-6-13)11-23-17-21-19-12-22(17)20-10-15-3-2-4-16(18)9-15/h2-10,12H,11H2,1H3/b20-10-. The first-order chi connectivity index (χ1) is 11.2. The summed E-state index contributed by atoms with van der Waals surface area (Å²) in [6.07, 6.45) is 3.34. The van der Waals surface area contributed by atoms with Gasteiger partial charge in [-0.2, -0.15) is 9.78 Å². The maximum atomic E-state index is 5.97. The summed E-state index contributed by atoms with van der Waals surface area (Å²) in [5, 5.41) is 13.9. The molecule has 0 bridgehead atoms. The molecular weight excluding hydrogens is 328 g/mol. The highest BCUT2D eigenvalue weighted by molar-refractivity contribution is 7.98. The lowest BCUT2D eigenvalue weighted by Gasteiger charge is -2.02. The molecule has 2 aromatic carbocycles. The van der Waals surface area contributed by atoms with Gasteiger partial charge in [0.15, 0.2) is 0 Å². The Morgan fingerprint density at radius 2 is 2.04 bits per heavy atom. The molecule has 6 heteroatoms. The molecule has 1 heterocycles. The average molecular weight is 343 g/mol. The lowest BCUT2D eigenvalue weighted by atomic mass is 10.2. The van der Waals surface area contributed by atoms with Crippen LogP contribution in [-0.4, -0.2) is 21.1 Å². The van der Waals surface area contributed by atoms with E-state index >= 15 is 0 Å². The molecule has 3 aromatic rings. The summed E-state index contributed by atoms with van der Waals surface area (Å²) in [6, 6.07) is 16.0. The van der Waals surface area contributed by atoms with Crippen LogP contribution in [0.1, 0.15) is 16.7 Å². The minimum absolute atomic E-state index is 0.687. The molecule has 116 valence electrons. The lowest BCUT2D eigenvalue weighted by molar-refractivity contribution is 0.767. The molecule has 0 aliphatic rings. The van der Waals surface area contributed by atoms with Gasteiger partial charge in [-0.25, -0.2) is 0 Å². The molecule has 0 radical (unpaired) electrons. The first kappa shape index (κ1) is 15.8. The van der Waals surface area contributed by atoms with E-state index in [4.69, 9.17) is 11.6 Å². The largest absolute Gasteiger partial charge is 0.212 e. The molecule has 0 saturated carbocycles. The van der Waals surface area contributed by atoms with E-state index in [0.29, 0.717) is 5.02 Å². The third-order valence-corrected chi connectivity index (χ3v) is 4.41. The second-order valence-corrected chi connectivity index (χ2v) is 6.41. The van der Waals surface area contributed by atoms with Crippen molar-refractivity contribution in [3.05, 3.63) is 76.6 Å². The molecule has 0 aliphatic carbocycles. The molecule has 0 N–H and O–H groups in total. The van der Waals surface area contributed by atoms with Gasteiger partial charge >= 0.3 is 0 Å². The first-order valence-corrected chi connectivity index (χ1v) is 8.45. The highest BCUT2D eigenvalue weighted by atomic mass is 35.5. The van der Waals surface area contributed by atoms with Crippen LogP contribution in [0.3, 0.4) is 0 Å². The van der Waals surface area contributed by atoms with Gasteiger partial charge in [0.25, 0.3) is 0 Å². The molecule has 0 amide bonds. The number of rotatable bonds is 5. The van der Waals surface area contributed by atoms with Gasteiger partial charge in [-0.1, -0.05) is 65.3 Å². The van der Waals surface area contributed by atoms with Crippen molar-refractivity contribution in [1.29, 1.82) is 0 Å². The van der Waals surface area contributed by atoms with Crippen LogP contribution in [0.2, 0.25) is 5.02 Å². The Morgan fingerprint density at radius 3 is 2.83 bits per heavy atom. The van der Waals surface area contributed by atoms with E-state index in [-0.39, 0.29) is 0 Å². The maximum Gasteiger partial charge on any atom is 0.212 e. The molecule has 0 fully saturated rings. The van der Waals surface area contributed by atoms with Gasteiger partial charge < -0.3 is 0 Å². The molecule has 0 unspecified atom stereocenters. The van der Waals surface area contributed by atoms with E-state index in [1.54, 1.807) is 29.0 Å². The number of hydrogen-bond donors (Lipinski definition) is 0. The van der Waals surface area contributed by atoms with Gasteiger partial charge in [0.05, 0.1) is 6.21 Å². The van der Waals surface area contributed by atoms with Gasteiger partial charge in [0, 0.05) is 10.8 Å². The Balaban J connectivity index is 1.68. The Bertz CT molecular complexity index is 811. The number of nitrogens with zero attached hydrogens (tertiary/aromatic N) is 4. The van der Waals surface area contributed by atoms with Crippen molar-refractivity contribution in [1.82, 2.24) is 14.9 Å². The van der Waals surface area contributed by atoms with Crippen LogP contribution in [0.5, 0.6) is 0 Å². The van der Waals surface area contributed by atoms with E-state index in [1.807, 2.05) is 24.3 Å². The number of benzene rings is 2. The highest BCUT2D eigenvalue weighted by Crippen LogP contribution is 2.20. The molecule has 0 saturated heterocycles. The predicted octanol–water partition coefficient (Wildman–Crippen LogP) is 4.41. The summed E-state index contributed by atoms with van der Waals surface area (Å²) in [5.74, 6) is 0.825. The second kappa shape index (κ2) is 7.44. The van der Waals surface area contributed by atoms with Gasteiger partial charge in [-0.15, -0.1) is 10.2 Å². The molecule has 3 rings (SSSR count). The third kappa shape index (κ3) is 4.43. The van der Waals surface area contributed by atoms with Gasteiger partial charge in [0.2, 0.25) is 5.16 Å². The van der Waals surface area contributed by atoms with Crippen LogP contribution in [0, 0.1) is 6.92 Å². The zero-order chi connectivity index (χ0) is 16.1. The van der Waals surface area contributed by atoms with E-state index in [1.165, 1.54) is 11.1 Å². The van der Waals surface area contributed by atoms with E-state index < -0.39 is 0 Å². The number of aryl methyl sites for hydroxylation is 1. The van der Waals surface area contributed by atoms with Crippen molar-refractivity contribution in [2.24, 2.45) is 5.10 Å². The predicted molar refractivity (Wildman–Crippen MR) is 95.2 cm³/mol.